The van der Waals surface area contributed by atoms with Crippen LogP contribution < -0.4 is 5.32 Å². The Morgan fingerprint density at radius 1 is 1.28 bits per heavy atom. The summed E-state index contributed by atoms with van der Waals surface area (Å²) >= 11 is 7.62. The largest absolute Gasteiger partial charge is 0.333 e. The minimum Gasteiger partial charge on any atom is -0.333 e. The van der Waals surface area contributed by atoms with Gasteiger partial charge in [-0.15, -0.1) is 11.3 Å². The molecule has 154 valence electrons. The monoisotopic (exact) mass is 432 g/mol. The third-order valence-corrected chi connectivity index (χ3v) is 5.60. The van der Waals surface area contributed by atoms with Gasteiger partial charge in [-0.1, -0.05) is 29.8 Å². The lowest BCUT2D eigenvalue weighted by Gasteiger charge is -2.27. The summed E-state index contributed by atoms with van der Waals surface area (Å²) < 4.78 is 0. The van der Waals surface area contributed by atoms with E-state index in [1.165, 1.54) is 9.91 Å². The zero-order valence-corrected chi connectivity index (χ0v) is 18.5. The van der Waals surface area contributed by atoms with Crippen LogP contribution in [0.3, 0.4) is 0 Å². The molecule has 1 aliphatic heterocycles. The van der Waals surface area contributed by atoms with Gasteiger partial charge in [-0.05, 0) is 49.9 Å². The second-order valence-corrected chi connectivity index (χ2v) is 9.45. The first kappa shape index (κ1) is 21.3. The van der Waals surface area contributed by atoms with Crippen molar-refractivity contribution in [2.75, 3.05) is 13.6 Å². The maximum absolute atomic E-state index is 13.1. The highest BCUT2D eigenvalue weighted by atomic mass is 35.5. The van der Waals surface area contributed by atoms with Gasteiger partial charge >= 0.3 is 6.03 Å². The smallest absolute Gasteiger partial charge is 0.318 e. The molecule has 3 amide bonds. The molecule has 29 heavy (non-hydrogen) atoms. The second kappa shape index (κ2) is 8.55. The number of nitrogens with one attached hydrogen (secondary N) is 1. The van der Waals surface area contributed by atoms with Crippen LogP contribution >= 0.6 is 22.9 Å². The summed E-state index contributed by atoms with van der Waals surface area (Å²) in [6, 6.07) is 10.9. The Morgan fingerprint density at radius 2 is 1.97 bits per heavy atom. The van der Waals surface area contributed by atoms with Gasteiger partial charge in [0.25, 0.3) is 5.91 Å². The molecule has 1 aliphatic rings. The van der Waals surface area contributed by atoms with Crippen molar-refractivity contribution in [3.63, 3.8) is 0 Å². The number of carbonyl (C=O) groups is 2. The van der Waals surface area contributed by atoms with Crippen molar-refractivity contribution in [1.82, 2.24) is 15.2 Å². The molecule has 1 aromatic carbocycles. The fourth-order valence-electron chi connectivity index (χ4n) is 3.04. The molecule has 0 saturated carbocycles. The van der Waals surface area contributed by atoms with Gasteiger partial charge in [0, 0.05) is 24.0 Å². The van der Waals surface area contributed by atoms with Crippen molar-refractivity contribution in [1.29, 1.82) is 0 Å². The van der Waals surface area contributed by atoms with Gasteiger partial charge in [-0.2, -0.15) is 5.10 Å². The normalized spacial score (nSPS) is 16.5. The molecule has 6 nitrogen and oxygen atoms in total. The summed E-state index contributed by atoms with van der Waals surface area (Å²) in [6.07, 6.45) is 0.617. The molecule has 1 atom stereocenters. The Balaban J connectivity index is 1.80. The number of halogens is 1. The number of carbonyl (C=O) groups excluding carboxylic acids is 2. The fourth-order valence-corrected chi connectivity index (χ4v) is 3.89. The van der Waals surface area contributed by atoms with Crippen LogP contribution in [0.2, 0.25) is 5.02 Å². The van der Waals surface area contributed by atoms with Crippen molar-refractivity contribution in [2.24, 2.45) is 5.10 Å². The SMILES string of the molecule is CN(CC(=O)N1N=C(c2cccs2)C[C@@H]1c1ccc(Cl)cc1)C(=O)NC(C)(C)C. The average molecular weight is 433 g/mol. The van der Waals surface area contributed by atoms with Crippen molar-refractivity contribution in [2.45, 2.75) is 38.8 Å². The van der Waals surface area contributed by atoms with E-state index in [1.807, 2.05) is 62.5 Å². The molecule has 8 heteroatoms. The van der Waals surface area contributed by atoms with Crippen LogP contribution in [0.25, 0.3) is 0 Å². The number of urea groups is 1. The number of hydrogen-bond donors (Lipinski definition) is 1. The maximum atomic E-state index is 13.1. The van der Waals surface area contributed by atoms with E-state index in [-0.39, 0.29) is 30.1 Å². The van der Waals surface area contributed by atoms with E-state index in [0.717, 1.165) is 16.2 Å². The van der Waals surface area contributed by atoms with E-state index in [9.17, 15) is 9.59 Å². The van der Waals surface area contributed by atoms with Crippen LogP contribution in [0.4, 0.5) is 4.79 Å². The predicted molar refractivity (Wildman–Crippen MR) is 117 cm³/mol. The van der Waals surface area contributed by atoms with Crippen LogP contribution in [0, 0.1) is 0 Å². The lowest BCUT2D eigenvalue weighted by Crippen LogP contribution is -2.49. The summed E-state index contributed by atoms with van der Waals surface area (Å²) in [5, 5.41) is 11.6. The Kier molecular flexibility index (Phi) is 6.29. The van der Waals surface area contributed by atoms with E-state index in [1.54, 1.807) is 18.4 Å². The van der Waals surface area contributed by atoms with Gasteiger partial charge in [0.05, 0.1) is 16.6 Å². The minimum absolute atomic E-state index is 0.0623. The van der Waals surface area contributed by atoms with Crippen molar-refractivity contribution < 1.29 is 9.59 Å². The Hall–Kier alpha value is -2.38. The first-order valence-corrected chi connectivity index (χ1v) is 10.6. The van der Waals surface area contributed by atoms with Gasteiger partial charge < -0.3 is 10.2 Å². The van der Waals surface area contributed by atoms with Gasteiger partial charge in [0.1, 0.15) is 6.54 Å². The molecular formula is C21H25ClN4O2S. The summed E-state index contributed by atoms with van der Waals surface area (Å²) in [4.78, 5) is 27.8. The number of thiophene rings is 1. The van der Waals surface area contributed by atoms with Crippen LogP contribution in [0.15, 0.2) is 46.9 Å². The number of hydrogen-bond acceptors (Lipinski definition) is 4. The Bertz CT molecular complexity index is 904. The molecule has 2 heterocycles. The topological polar surface area (TPSA) is 65.0 Å². The zero-order chi connectivity index (χ0) is 21.2. The molecule has 2 aromatic rings. The fraction of sp³-hybridized carbons (Fsp3) is 0.381. The highest BCUT2D eigenvalue weighted by Gasteiger charge is 2.34. The number of amides is 3. The minimum atomic E-state index is -0.377. The van der Waals surface area contributed by atoms with E-state index in [2.05, 4.69) is 10.4 Å². The summed E-state index contributed by atoms with van der Waals surface area (Å²) in [5.41, 5.74) is 1.45. The molecule has 0 aliphatic carbocycles. The zero-order valence-electron chi connectivity index (χ0n) is 17.0. The summed E-state index contributed by atoms with van der Waals surface area (Å²) in [5.74, 6) is -0.233. The summed E-state index contributed by atoms with van der Waals surface area (Å²) in [7, 11) is 1.61. The Morgan fingerprint density at radius 3 is 2.55 bits per heavy atom. The molecule has 0 fully saturated rings. The molecule has 0 bridgehead atoms. The molecule has 0 spiro atoms. The number of nitrogens with zero attached hydrogens (tertiary/aromatic N) is 3. The lowest BCUT2D eigenvalue weighted by atomic mass is 10.0. The number of benzene rings is 1. The van der Waals surface area contributed by atoms with Crippen LogP contribution in [0.5, 0.6) is 0 Å². The van der Waals surface area contributed by atoms with Gasteiger partial charge in [-0.25, -0.2) is 9.80 Å². The molecule has 3 rings (SSSR count). The Labute approximate surface area is 180 Å². The van der Waals surface area contributed by atoms with E-state index in [4.69, 9.17) is 11.6 Å². The van der Waals surface area contributed by atoms with Crippen LogP contribution in [-0.2, 0) is 4.79 Å². The highest BCUT2D eigenvalue weighted by molar-refractivity contribution is 7.12. The van der Waals surface area contributed by atoms with Gasteiger partial charge in [0.15, 0.2) is 0 Å². The molecular weight excluding hydrogens is 408 g/mol. The molecule has 1 N–H and O–H groups in total. The van der Waals surface area contributed by atoms with Crippen LogP contribution in [0.1, 0.15) is 43.7 Å². The lowest BCUT2D eigenvalue weighted by molar-refractivity contribution is -0.133. The third kappa shape index (κ3) is 5.36. The standard InChI is InChI=1S/C21H25ClN4O2S/c1-21(2,3)23-20(28)25(4)13-19(27)26-17(14-7-9-15(22)10-8-14)12-16(24-26)18-6-5-11-29-18/h5-11,17H,12-13H2,1-4H3,(H,23,28)/t17-/m1/s1. The predicted octanol–water partition coefficient (Wildman–Crippen LogP) is 4.52. The second-order valence-electron chi connectivity index (χ2n) is 8.07. The number of rotatable bonds is 4. The quantitative estimate of drug-likeness (QED) is 0.771. The average Bonchev–Trinajstić information content (AvgIpc) is 3.30. The highest BCUT2D eigenvalue weighted by Crippen LogP contribution is 2.34. The maximum Gasteiger partial charge on any atom is 0.318 e. The first-order chi connectivity index (χ1) is 13.6. The first-order valence-electron chi connectivity index (χ1n) is 9.36. The third-order valence-electron chi connectivity index (χ3n) is 4.43. The molecule has 1 aromatic heterocycles. The van der Waals surface area contributed by atoms with E-state index < -0.39 is 0 Å². The molecule has 0 saturated heterocycles. The van der Waals surface area contributed by atoms with Crippen molar-refractivity contribution in [3.05, 3.63) is 57.2 Å². The molecule has 0 radical (unpaired) electrons. The molecule has 0 unspecified atom stereocenters. The summed E-state index contributed by atoms with van der Waals surface area (Å²) in [6.45, 7) is 5.63. The van der Waals surface area contributed by atoms with Crippen molar-refractivity contribution in [3.8, 4) is 0 Å². The van der Waals surface area contributed by atoms with Crippen LogP contribution in [-0.4, -0.2) is 46.7 Å². The van der Waals surface area contributed by atoms with Gasteiger partial charge in [0.2, 0.25) is 0 Å². The van der Waals surface area contributed by atoms with E-state index >= 15 is 0 Å². The number of likely N-dealkylation sites (N-methyl/N-ethyl adjacent to an activating group) is 1. The van der Waals surface area contributed by atoms with E-state index in [0.29, 0.717) is 11.4 Å². The number of hydrazone groups is 1. The van der Waals surface area contributed by atoms with Gasteiger partial charge in [-0.3, -0.25) is 4.79 Å². The van der Waals surface area contributed by atoms with Crippen molar-refractivity contribution >= 4 is 40.6 Å².